The van der Waals surface area contributed by atoms with Gasteiger partial charge in [-0.2, -0.15) is 0 Å². The second-order valence-electron chi connectivity index (χ2n) is 6.78. The lowest BCUT2D eigenvalue weighted by atomic mass is 9.95. The van der Waals surface area contributed by atoms with Gasteiger partial charge in [-0.25, -0.2) is 0 Å². The molecule has 0 heterocycles. The highest BCUT2D eigenvalue weighted by atomic mass is 16.3. The Labute approximate surface area is 171 Å². The highest BCUT2D eigenvalue weighted by Crippen LogP contribution is 2.29. The van der Waals surface area contributed by atoms with Gasteiger partial charge < -0.3 is 42.1 Å². The van der Waals surface area contributed by atoms with Gasteiger partial charge in [-0.1, -0.05) is 0 Å². The molecule has 0 radical (unpaired) electrons. The van der Waals surface area contributed by atoms with E-state index in [1.54, 1.807) is 6.07 Å². The minimum atomic E-state index is -0.0422. The lowest BCUT2D eigenvalue weighted by Gasteiger charge is -2.23. The van der Waals surface area contributed by atoms with Crippen LogP contribution in [0.2, 0.25) is 0 Å². The molecule has 0 spiro atoms. The third-order valence-corrected chi connectivity index (χ3v) is 4.90. The quantitative estimate of drug-likeness (QED) is 0.250. The van der Waals surface area contributed by atoms with Crippen molar-refractivity contribution in [1.29, 1.82) is 0 Å². The van der Waals surface area contributed by atoms with E-state index in [4.69, 9.17) is 11.5 Å². The molecule has 2 aromatic rings. The first-order valence-corrected chi connectivity index (χ1v) is 9.76. The number of aliphatic hydroxyl groups excluding tert-OH is 4. The summed E-state index contributed by atoms with van der Waals surface area (Å²) >= 11 is 0. The summed E-state index contributed by atoms with van der Waals surface area (Å²) in [6.45, 7) is 1.32. The highest BCUT2D eigenvalue weighted by molar-refractivity contribution is 5.67. The largest absolute Gasteiger partial charge is 0.398 e. The van der Waals surface area contributed by atoms with Crippen molar-refractivity contribution in [2.75, 3.05) is 61.2 Å². The Balaban J connectivity index is 2.17. The zero-order valence-corrected chi connectivity index (χ0v) is 16.6. The number of rotatable bonds is 12. The van der Waals surface area contributed by atoms with Crippen LogP contribution in [0.3, 0.4) is 0 Å². The Kier molecular flexibility index (Phi) is 9.01. The molecule has 9 N–H and O–H groups in total. The van der Waals surface area contributed by atoms with E-state index in [0.717, 1.165) is 28.1 Å². The summed E-state index contributed by atoms with van der Waals surface area (Å²) in [7, 11) is 0. The van der Waals surface area contributed by atoms with Gasteiger partial charge in [-0.3, -0.25) is 0 Å². The number of nitrogens with two attached hydrogens (primary N) is 2. The van der Waals surface area contributed by atoms with E-state index in [9.17, 15) is 20.4 Å². The molecule has 29 heavy (non-hydrogen) atoms. The van der Waals surface area contributed by atoms with E-state index in [1.807, 2.05) is 29.2 Å². The highest BCUT2D eigenvalue weighted by Gasteiger charge is 2.14. The van der Waals surface area contributed by atoms with Gasteiger partial charge >= 0.3 is 0 Å². The topological polar surface area (TPSA) is 148 Å². The molecule has 2 rings (SSSR count). The van der Waals surface area contributed by atoms with Crippen LogP contribution in [0.1, 0.15) is 16.7 Å². The fourth-order valence-electron chi connectivity index (χ4n) is 3.41. The number of benzene rings is 2. The number of anilines is 4. The van der Waals surface area contributed by atoms with E-state index in [1.165, 1.54) is 0 Å². The maximum absolute atomic E-state index is 9.43. The molecule has 8 heteroatoms. The molecule has 8 nitrogen and oxygen atoms in total. The van der Waals surface area contributed by atoms with Crippen molar-refractivity contribution in [2.45, 2.75) is 19.4 Å². The Morgan fingerprint density at radius 3 is 1.97 bits per heavy atom. The Morgan fingerprint density at radius 1 is 0.793 bits per heavy atom. The smallest absolute Gasteiger partial charge is 0.0606 e. The predicted octanol–water partition coefficient (Wildman–Crippen LogP) is 0.324. The summed E-state index contributed by atoms with van der Waals surface area (Å²) in [6, 6.07) is 9.47. The summed E-state index contributed by atoms with van der Waals surface area (Å²) in [5.74, 6) is 0. The molecule has 0 fully saturated rings. The normalized spacial score (nSPS) is 10.9. The minimum absolute atomic E-state index is 0.0145. The van der Waals surface area contributed by atoms with Crippen LogP contribution in [-0.2, 0) is 19.4 Å². The van der Waals surface area contributed by atoms with E-state index in [2.05, 4.69) is 5.32 Å². The zero-order chi connectivity index (χ0) is 21.2. The number of aliphatic hydroxyl groups is 4. The Hall–Kier alpha value is -2.52. The van der Waals surface area contributed by atoms with Crippen LogP contribution in [0.15, 0.2) is 30.3 Å². The number of hydrogen-bond acceptors (Lipinski definition) is 8. The molecule has 0 saturated heterocycles. The fourth-order valence-corrected chi connectivity index (χ4v) is 3.41. The maximum atomic E-state index is 9.43. The third-order valence-electron chi connectivity index (χ3n) is 4.90. The van der Waals surface area contributed by atoms with Crippen molar-refractivity contribution in [3.05, 3.63) is 47.0 Å². The summed E-state index contributed by atoms with van der Waals surface area (Å²) in [6.07, 6.45) is 0.810. The standard InChI is InChI=1S/C21H32N4O4/c22-20-13-15(5-9-26)21(23)18(6-10-27)19(20)14-24-16-1-3-17(4-2-16)25(7-11-28)8-12-29/h1-4,13,24,26-29H,5-12,14,22-23H2. The number of nitrogen functional groups attached to an aromatic ring is 2. The lowest BCUT2D eigenvalue weighted by Crippen LogP contribution is -2.29. The Morgan fingerprint density at radius 2 is 1.41 bits per heavy atom. The van der Waals surface area contributed by atoms with Gasteiger partial charge in [0.25, 0.3) is 0 Å². The first kappa shape index (κ1) is 22.8. The number of nitrogens with one attached hydrogen (secondary N) is 1. The molecule has 160 valence electrons. The van der Waals surface area contributed by atoms with Gasteiger partial charge in [0, 0.05) is 55.6 Å². The number of hydrogen-bond donors (Lipinski definition) is 7. The molecule has 0 aliphatic rings. The molecule has 0 aliphatic carbocycles. The molecule has 2 aromatic carbocycles. The van der Waals surface area contributed by atoms with Crippen LogP contribution >= 0.6 is 0 Å². The number of nitrogens with zero attached hydrogens (tertiary/aromatic N) is 1. The molecule has 0 amide bonds. The maximum Gasteiger partial charge on any atom is 0.0606 e. The van der Waals surface area contributed by atoms with Crippen molar-refractivity contribution in [2.24, 2.45) is 0 Å². The average molecular weight is 405 g/mol. The van der Waals surface area contributed by atoms with Crippen molar-refractivity contribution in [1.82, 2.24) is 0 Å². The average Bonchev–Trinajstić information content (AvgIpc) is 2.72. The summed E-state index contributed by atoms with van der Waals surface area (Å²) in [5.41, 5.74) is 17.9. The predicted molar refractivity (Wildman–Crippen MR) is 117 cm³/mol. The molecule has 0 atom stereocenters. The van der Waals surface area contributed by atoms with E-state index < -0.39 is 0 Å². The molecule has 0 aromatic heterocycles. The zero-order valence-electron chi connectivity index (χ0n) is 16.6. The van der Waals surface area contributed by atoms with Crippen LogP contribution in [0.25, 0.3) is 0 Å². The van der Waals surface area contributed by atoms with E-state index in [0.29, 0.717) is 43.9 Å². The first-order chi connectivity index (χ1) is 14.0. The fraction of sp³-hybridized carbons (Fsp3) is 0.429. The van der Waals surface area contributed by atoms with Gasteiger partial charge in [0.2, 0.25) is 0 Å². The summed E-state index contributed by atoms with van der Waals surface area (Å²) < 4.78 is 0. The van der Waals surface area contributed by atoms with Gasteiger partial charge in [0.15, 0.2) is 0 Å². The van der Waals surface area contributed by atoms with Crippen LogP contribution in [0.5, 0.6) is 0 Å². The van der Waals surface area contributed by atoms with Crippen molar-refractivity contribution < 1.29 is 20.4 Å². The minimum Gasteiger partial charge on any atom is -0.398 e. The van der Waals surface area contributed by atoms with Crippen LogP contribution < -0.4 is 21.7 Å². The van der Waals surface area contributed by atoms with Crippen LogP contribution in [0.4, 0.5) is 22.7 Å². The molecule has 0 aliphatic heterocycles. The lowest BCUT2D eigenvalue weighted by molar-refractivity contribution is 0.281. The van der Waals surface area contributed by atoms with Crippen LogP contribution in [0, 0.1) is 0 Å². The second kappa shape index (κ2) is 11.5. The molecule has 0 bridgehead atoms. The SMILES string of the molecule is Nc1cc(CCO)c(N)c(CCO)c1CNc1ccc(N(CCO)CCO)cc1. The van der Waals surface area contributed by atoms with E-state index >= 15 is 0 Å². The molecule has 0 unspecified atom stereocenters. The van der Waals surface area contributed by atoms with Crippen molar-refractivity contribution in [3.63, 3.8) is 0 Å². The van der Waals surface area contributed by atoms with Crippen molar-refractivity contribution >= 4 is 22.7 Å². The van der Waals surface area contributed by atoms with Gasteiger partial charge in [-0.15, -0.1) is 0 Å². The van der Waals surface area contributed by atoms with E-state index in [-0.39, 0.29) is 26.4 Å². The Bertz CT molecular complexity index is 762. The second-order valence-corrected chi connectivity index (χ2v) is 6.78. The summed E-state index contributed by atoms with van der Waals surface area (Å²) in [5, 5.41) is 40.3. The van der Waals surface area contributed by atoms with Gasteiger partial charge in [0.1, 0.15) is 0 Å². The third kappa shape index (κ3) is 5.98. The summed E-state index contributed by atoms with van der Waals surface area (Å²) in [4.78, 5) is 1.90. The first-order valence-electron chi connectivity index (χ1n) is 9.76. The molecule has 0 saturated carbocycles. The molecular weight excluding hydrogens is 372 g/mol. The van der Waals surface area contributed by atoms with Crippen LogP contribution in [-0.4, -0.2) is 59.9 Å². The van der Waals surface area contributed by atoms with Gasteiger partial charge in [-0.05, 0) is 59.9 Å². The molecular formula is C21H32N4O4. The monoisotopic (exact) mass is 404 g/mol. The van der Waals surface area contributed by atoms with Gasteiger partial charge in [0.05, 0.1) is 13.2 Å². The van der Waals surface area contributed by atoms with Crippen molar-refractivity contribution in [3.8, 4) is 0 Å².